The topological polar surface area (TPSA) is 192 Å². The second-order valence-corrected chi connectivity index (χ2v) is 26.2. The Morgan fingerprint density at radius 3 is 1.14 bits per heavy atom. The molecule has 0 aromatic rings. The summed E-state index contributed by atoms with van der Waals surface area (Å²) in [5.41, 5.74) is 0. The number of allylic oxidation sites excluding steroid dienone is 4. The fraction of sp³-hybridized carbons (Fsp3) is 0.929. The molecular weight excluding hydrogens is 1060 g/mol. The molecule has 1 aliphatic heterocycles. The maximum absolute atomic E-state index is 13.2. The van der Waals surface area contributed by atoms with E-state index in [9.17, 15) is 38.2 Å². The maximum atomic E-state index is 13.2. The Morgan fingerprint density at radius 2 is 0.807 bits per heavy atom. The number of rotatable bonds is 64. The lowest BCUT2D eigenvalue weighted by molar-refractivity contribution is -0.298. The summed E-state index contributed by atoms with van der Waals surface area (Å²) in [6, 6.07) is -0.858. The fourth-order valence-electron chi connectivity index (χ4n) is 11.8. The van der Waals surface area contributed by atoms with E-state index in [0.29, 0.717) is 12.8 Å². The van der Waals surface area contributed by atoms with Gasteiger partial charge in [-0.3, -0.25) is 9.35 Å². The lowest BCUT2D eigenvalue weighted by Gasteiger charge is -2.41. The van der Waals surface area contributed by atoms with Gasteiger partial charge in [-0.1, -0.05) is 334 Å². The van der Waals surface area contributed by atoms with Crippen molar-refractivity contribution in [1.82, 2.24) is 5.32 Å². The van der Waals surface area contributed by atoms with Crippen LogP contribution in [0, 0.1) is 0 Å². The van der Waals surface area contributed by atoms with E-state index < -0.39 is 59.9 Å². The molecule has 83 heavy (non-hydrogen) atoms. The average Bonchev–Trinajstić information content (AvgIpc) is 3.59. The summed E-state index contributed by atoms with van der Waals surface area (Å²) in [6.45, 7) is 3.52. The lowest BCUT2D eigenvalue weighted by Crippen LogP contribution is -2.61. The van der Waals surface area contributed by atoms with Gasteiger partial charge in [-0.25, -0.2) is 4.18 Å². The molecule has 1 rings (SSSR count). The molecule has 13 heteroatoms. The zero-order chi connectivity index (χ0) is 60.4. The van der Waals surface area contributed by atoms with Gasteiger partial charge in [0.05, 0.1) is 25.4 Å². The minimum atomic E-state index is -5.08. The number of aliphatic hydroxyl groups excluding tert-OH is 4. The van der Waals surface area contributed by atoms with Crippen LogP contribution in [-0.4, -0.2) is 95.4 Å². The highest BCUT2D eigenvalue weighted by Crippen LogP contribution is 2.27. The Hall–Kier alpha value is -1.42. The van der Waals surface area contributed by atoms with Crippen LogP contribution in [-0.2, 0) is 28.9 Å². The van der Waals surface area contributed by atoms with E-state index in [0.717, 1.165) is 57.8 Å². The summed E-state index contributed by atoms with van der Waals surface area (Å²) in [6.07, 6.45) is 67.9. The van der Waals surface area contributed by atoms with Gasteiger partial charge < -0.3 is 35.2 Å². The van der Waals surface area contributed by atoms with E-state index in [-0.39, 0.29) is 12.5 Å². The van der Waals surface area contributed by atoms with Crippen molar-refractivity contribution in [3.05, 3.63) is 24.3 Å². The number of hydrogen-bond donors (Lipinski definition) is 6. The largest absolute Gasteiger partial charge is 0.397 e. The monoisotopic (exact) mass is 1200 g/mol. The number of carbonyl (C=O) groups is 1. The van der Waals surface area contributed by atoms with Crippen molar-refractivity contribution in [2.45, 2.75) is 403 Å². The Morgan fingerprint density at radius 1 is 0.482 bits per heavy atom. The van der Waals surface area contributed by atoms with Crippen LogP contribution < -0.4 is 5.32 Å². The van der Waals surface area contributed by atoms with Crippen LogP contribution in [0.1, 0.15) is 361 Å². The molecule has 0 radical (unpaired) electrons. The molecule has 7 unspecified atom stereocenters. The molecule has 0 aromatic carbocycles. The van der Waals surface area contributed by atoms with Crippen LogP contribution in [0.25, 0.3) is 0 Å². The molecule has 0 saturated carbocycles. The number of amides is 1. The molecule has 1 fully saturated rings. The van der Waals surface area contributed by atoms with E-state index in [1.807, 2.05) is 0 Å². The first-order valence-electron chi connectivity index (χ1n) is 35.7. The van der Waals surface area contributed by atoms with Gasteiger partial charge in [-0.05, 0) is 44.9 Å². The van der Waals surface area contributed by atoms with Crippen LogP contribution in [0.4, 0.5) is 0 Å². The average molecular weight is 1200 g/mol. The maximum Gasteiger partial charge on any atom is 0.397 e. The Bertz CT molecular complexity index is 1550. The van der Waals surface area contributed by atoms with Crippen molar-refractivity contribution < 1.29 is 51.8 Å². The van der Waals surface area contributed by atoms with Crippen molar-refractivity contribution in [1.29, 1.82) is 0 Å². The number of nitrogens with one attached hydrogen (secondary N) is 1. The van der Waals surface area contributed by atoms with E-state index in [1.54, 1.807) is 0 Å². The number of unbranched alkanes of at least 4 members (excludes halogenated alkanes) is 48. The van der Waals surface area contributed by atoms with Crippen LogP contribution in [0.3, 0.4) is 0 Å². The van der Waals surface area contributed by atoms with Gasteiger partial charge in [0.2, 0.25) is 5.91 Å². The second-order valence-electron chi connectivity index (χ2n) is 25.2. The number of carbonyl (C=O) groups excluding carboxylic acids is 1. The molecule has 1 amide bonds. The van der Waals surface area contributed by atoms with Gasteiger partial charge in [0.15, 0.2) is 6.29 Å². The third-order valence-corrected chi connectivity index (χ3v) is 17.7. The fourth-order valence-corrected chi connectivity index (χ4v) is 12.3. The molecule has 1 aliphatic rings. The normalized spacial score (nSPS) is 18.5. The van der Waals surface area contributed by atoms with E-state index in [1.165, 1.54) is 276 Å². The molecule has 6 N–H and O–H groups in total. The number of aliphatic hydroxyl groups is 4. The minimum absolute atomic E-state index is 0.222. The zero-order valence-corrected chi connectivity index (χ0v) is 54.9. The highest BCUT2D eigenvalue weighted by Gasteiger charge is 2.48. The first kappa shape index (κ1) is 79.6. The van der Waals surface area contributed by atoms with Crippen molar-refractivity contribution >= 4 is 16.3 Å². The summed E-state index contributed by atoms with van der Waals surface area (Å²) in [4.78, 5) is 13.2. The van der Waals surface area contributed by atoms with Crippen LogP contribution in [0.2, 0.25) is 0 Å². The highest BCUT2D eigenvalue weighted by atomic mass is 32.3. The quantitative estimate of drug-likeness (QED) is 0.0193. The molecule has 1 saturated heterocycles. The van der Waals surface area contributed by atoms with E-state index in [2.05, 4.69) is 47.7 Å². The van der Waals surface area contributed by atoms with Gasteiger partial charge in [0.25, 0.3) is 0 Å². The number of hydrogen-bond acceptors (Lipinski definition) is 10. The molecule has 0 aliphatic carbocycles. The van der Waals surface area contributed by atoms with Gasteiger partial charge in [0.1, 0.15) is 24.4 Å². The van der Waals surface area contributed by atoms with Gasteiger partial charge in [-0.2, -0.15) is 8.42 Å². The molecular formula is C70H135NO11S. The van der Waals surface area contributed by atoms with Crippen molar-refractivity contribution in [3.8, 4) is 0 Å². The Labute approximate surface area is 512 Å². The van der Waals surface area contributed by atoms with E-state index >= 15 is 0 Å². The predicted octanol–water partition coefficient (Wildman–Crippen LogP) is 18.7. The SMILES string of the molecule is CCCCCCCCCCCCC/C=C\C/C=C\CCCCCCCCCCCCCCCCCCCC(=O)NC(COC1OC(CO)C(O)C(OS(=O)(=O)O)C1O)C(O)CCCCCCCCCCCCCCCCCCCCCCC. The first-order valence-corrected chi connectivity index (χ1v) is 37.1. The summed E-state index contributed by atoms with van der Waals surface area (Å²) < 4.78 is 48.1. The molecule has 0 spiro atoms. The van der Waals surface area contributed by atoms with E-state index in [4.69, 9.17) is 9.47 Å². The third kappa shape index (κ3) is 51.2. The number of ether oxygens (including phenoxy) is 2. The first-order chi connectivity index (χ1) is 40.5. The molecule has 7 atom stereocenters. The molecule has 1 heterocycles. The second kappa shape index (κ2) is 59.5. The molecule has 492 valence electrons. The highest BCUT2D eigenvalue weighted by molar-refractivity contribution is 7.80. The van der Waals surface area contributed by atoms with Crippen molar-refractivity contribution in [2.24, 2.45) is 0 Å². The summed E-state index contributed by atoms with van der Waals surface area (Å²) in [5, 5.41) is 45.3. The van der Waals surface area contributed by atoms with Gasteiger partial charge in [-0.15, -0.1) is 0 Å². The van der Waals surface area contributed by atoms with Crippen molar-refractivity contribution in [3.63, 3.8) is 0 Å². The minimum Gasteiger partial charge on any atom is -0.394 e. The molecule has 0 aromatic heterocycles. The Kier molecular flexibility index (Phi) is 57.1. The smallest absolute Gasteiger partial charge is 0.394 e. The zero-order valence-electron chi connectivity index (χ0n) is 54.0. The standard InChI is InChI=1S/C70H135NO11S/c1-3-5-7-9-11-13-15-17-19-21-23-25-26-27-28-29-30-31-32-33-34-35-36-37-38-40-42-44-46-48-50-52-54-56-58-60-66(74)71-63(62-80-70-68(76)69(82-83(77,78)79)67(75)65(61-72)81-70)64(73)59-57-55-53-51-49-47-45-43-41-39-24-22-20-18-16-14-12-10-8-6-4-2/h26-27,29-30,63-65,67-70,72-73,75-76H,3-25,28,31-62H2,1-2H3,(H,71,74)(H,77,78,79)/b27-26-,30-29-. The molecule has 0 bridgehead atoms. The van der Waals surface area contributed by atoms with Crippen LogP contribution in [0.5, 0.6) is 0 Å². The summed E-state index contributed by atoms with van der Waals surface area (Å²) >= 11 is 0. The predicted molar refractivity (Wildman–Crippen MR) is 347 cm³/mol. The summed E-state index contributed by atoms with van der Waals surface area (Å²) in [5.74, 6) is -0.222. The van der Waals surface area contributed by atoms with Gasteiger partial charge in [0, 0.05) is 6.42 Å². The third-order valence-electron chi connectivity index (χ3n) is 17.3. The van der Waals surface area contributed by atoms with Gasteiger partial charge >= 0.3 is 10.4 Å². The van der Waals surface area contributed by atoms with Crippen LogP contribution >= 0.6 is 0 Å². The summed E-state index contributed by atoms with van der Waals surface area (Å²) in [7, 11) is -5.08. The molecule has 12 nitrogen and oxygen atoms in total. The Balaban J connectivity index is 2.20. The lowest BCUT2D eigenvalue weighted by atomic mass is 9.99. The van der Waals surface area contributed by atoms with Crippen LogP contribution in [0.15, 0.2) is 24.3 Å². The van der Waals surface area contributed by atoms with Crippen molar-refractivity contribution in [2.75, 3.05) is 13.2 Å².